The normalized spacial score (nSPS) is 11.8. The van der Waals surface area contributed by atoms with E-state index >= 15 is 0 Å². The van der Waals surface area contributed by atoms with Crippen LogP contribution in [0.25, 0.3) is 22.0 Å². The Labute approximate surface area is 219 Å². The molecule has 2 aromatic carbocycles. The molecule has 0 aliphatic rings. The number of nitrogens with one attached hydrogen (secondary N) is 1. The minimum atomic E-state index is -0.647. The van der Waals surface area contributed by atoms with Gasteiger partial charge in [-0.15, -0.1) is 6.58 Å². The number of aromatic nitrogens is 1. The number of hydrogen-bond donors (Lipinski definition) is 1. The number of allylic oxidation sites excluding steroid dienone is 1. The summed E-state index contributed by atoms with van der Waals surface area (Å²) in [7, 11) is 1.66. The van der Waals surface area contributed by atoms with Crippen LogP contribution >= 0.6 is 0 Å². The number of benzene rings is 2. The summed E-state index contributed by atoms with van der Waals surface area (Å²) in [4.78, 5) is 25.4. The van der Waals surface area contributed by atoms with Crippen molar-refractivity contribution in [2.75, 3.05) is 13.7 Å². The van der Waals surface area contributed by atoms with Crippen LogP contribution in [0.3, 0.4) is 0 Å². The SMILES string of the molecule is C=CCc1cccc(-c2cccc3c2c(CCNC(=O)OC(C)(C)C)cn3C(=O)OC(C)(C)C)c1OC. The molecule has 3 rings (SSSR count). The van der Waals surface area contributed by atoms with E-state index in [0.717, 1.165) is 38.9 Å². The first kappa shape index (κ1) is 27.8. The Morgan fingerprint density at radius 2 is 1.59 bits per heavy atom. The second kappa shape index (κ2) is 11.1. The fourth-order valence-corrected chi connectivity index (χ4v) is 4.21. The van der Waals surface area contributed by atoms with E-state index in [9.17, 15) is 9.59 Å². The lowest BCUT2D eigenvalue weighted by Crippen LogP contribution is -2.33. The minimum absolute atomic E-state index is 0.338. The maximum atomic E-state index is 13.2. The van der Waals surface area contributed by atoms with Crippen molar-refractivity contribution in [1.29, 1.82) is 0 Å². The van der Waals surface area contributed by atoms with Gasteiger partial charge in [-0.3, -0.25) is 4.57 Å². The lowest BCUT2D eigenvalue weighted by atomic mass is 9.95. The van der Waals surface area contributed by atoms with Gasteiger partial charge >= 0.3 is 12.2 Å². The number of rotatable bonds is 7. The van der Waals surface area contributed by atoms with Crippen LogP contribution in [0.1, 0.15) is 52.7 Å². The Morgan fingerprint density at radius 3 is 2.22 bits per heavy atom. The molecule has 0 aliphatic carbocycles. The number of alkyl carbamates (subject to hydrolysis) is 1. The molecule has 0 atom stereocenters. The molecule has 7 heteroatoms. The molecule has 3 aromatic rings. The molecule has 0 radical (unpaired) electrons. The molecule has 0 saturated carbocycles. The summed E-state index contributed by atoms with van der Waals surface area (Å²) in [5.74, 6) is 0.762. The molecule has 198 valence electrons. The maximum Gasteiger partial charge on any atom is 0.419 e. The second-order valence-corrected chi connectivity index (χ2v) is 10.9. The van der Waals surface area contributed by atoms with Gasteiger partial charge in [-0.2, -0.15) is 0 Å². The maximum absolute atomic E-state index is 13.2. The molecule has 7 nitrogen and oxygen atoms in total. The lowest BCUT2D eigenvalue weighted by Gasteiger charge is -2.20. The van der Waals surface area contributed by atoms with Crippen molar-refractivity contribution in [2.24, 2.45) is 0 Å². The number of ether oxygens (including phenoxy) is 3. The predicted molar refractivity (Wildman–Crippen MR) is 147 cm³/mol. The zero-order chi connectivity index (χ0) is 27.4. The number of fused-ring (bicyclic) bond motifs is 1. The number of carbonyl (C=O) groups is 2. The smallest absolute Gasteiger partial charge is 0.419 e. The number of amides is 1. The van der Waals surface area contributed by atoms with Crippen LogP contribution in [0.2, 0.25) is 0 Å². The molecule has 1 aromatic heterocycles. The van der Waals surface area contributed by atoms with Crippen molar-refractivity contribution in [1.82, 2.24) is 9.88 Å². The van der Waals surface area contributed by atoms with E-state index in [4.69, 9.17) is 14.2 Å². The van der Waals surface area contributed by atoms with Gasteiger partial charge < -0.3 is 19.5 Å². The molecular formula is C30H38N2O5. The number of nitrogens with zero attached hydrogens (tertiary/aromatic N) is 1. The zero-order valence-electron chi connectivity index (χ0n) is 22.9. The Bertz CT molecular complexity index is 1290. The molecule has 0 fully saturated rings. The van der Waals surface area contributed by atoms with Crippen LogP contribution in [0.5, 0.6) is 5.75 Å². The molecule has 1 amide bonds. The van der Waals surface area contributed by atoms with E-state index in [0.29, 0.717) is 19.4 Å². The molecule has 37 heavy (non-hydrogen) atoms. The molecule has 1 heterocycles. The minimum Gasteiger partial charge on any atom is -0.496 e. The Kier molecular flexibility index (Phi) is 8.36. The van der Waals surface area contributed by atoms with Crippen molar-refractivity contribution in [3.63, 3.8) is 0 Å². The highest BCUT2D eigenvalue weighted by atomic mass is 16.6. The average Bonchev–Trinajstić information content (AvgIpc) is 3.16. The summed E-state index contributed by atoms with van der Waals surface area (Å²) in [6.45, 7) is 15.2. The summed E-state index contributed by atoms with van der Waals surface area (Å²) < 4.78 is 18.4. The van der Waals surface area contributed by atoms with Crippen molar-refractivity contribution in [2.45, 2.75) is 65.6 Å². The highest BCUT2D eigenvalue weighted by Gasteiger charge is 2.24. The van der Waals surface area contributed by atoms with Gasteiger partial charge in [0.1, 0.15) is 17.0 Å². The van der Waals surface area contributed by atoms with Gasteiger partial charge in [-0.1, -0.05) is 36.4 Å². The van der Waals surface area contributed by atoms with Gasteiger partial charge in [0.15, 0.2) is 0 Å². The third-order valence-electron chi connectivity index (χ3n) is 5.52. The number of methoxy groups -OCH3 is 1. The number of hydrogen-bond acceptors (Lipinski definition) is 5. The third kappa shape index (κ3) is 6.94. The third-order valence-corrected chi connectivity index (χ3v) is 5.52. The largest absolute Gasteiger partial charge is 0.496 e. The summed E-state index contributed by atoms with van der Waals surface area (Å²) in [6.07, 6.45) is 3.83. The summed E-state index contributed by atoms with van der Waals surface area (Å²) in [6, 6.07) is 11.8. The molecule has 0 bridgehead atoms. The molecule has 1 N–H and O–H groups in total. The lowest BCUT2D eigenvalue weighted by molar-refractivity contribution is 0.0521. The first-order chi connectivity index (χ1) is 17.3. The molecular weight excluding hydrogens is 468 g/mol. The molecule has 0 unspecified atom stereocenters. The average molecular weight is 507 g/mol. The van der Waals surface area contributed by atoms with Crippen LogP contribution in [-0.4, -0.2) is 41.6 Å². The fraction of sp³-hybridized carbons (Fsp3) is 0.400. The quantitative estimate of drug-likeness (QED) is 0.353. The highest BCUT2D eigenvalue weighted by Crippen LogP contribution is 2.39. The molecule has 0 spiro atoms. The van der Waals surface area contributed by atoms with Gasteiger partial charge in [0, 0.05) is 23.7 Å². The first-order valence-corrected chi connectivity index (χ1v) is 12.4. The monoisotopic (exact) mass is 506 g/mol. The van der Waals surface area contributed by atoms with E-state index in [1.165, 1.54) is 4.57 Å². The van der Waals surface area contributed by atoms with Gasteiger partial charge in [0.05, 0.1) is 12.6 Å². The summed E-state index contributed by atoms with van der Waals surface area (Å²) in [5.41, 5.74) is 3.24. The van der Waals surface area contributed by atoms with Crippen molar-refractivity contribution < 1.29 is 23.8 Å². The standard InChI is InChI=1S/C30H38N2O5/c1-9-12-20-13-10-15-23(26(20)35-8)22-14-11-16-24-25(22)21(17-18-31-27(33)36-29(2,3)4)19-32(24)28(34)37-30(5,6)7/h9-11,13-16,19H,1,12,17-18H2,2-8H3,(H,31,33). The first-order valence-electron chi connectivity index (χ1n) is 12.4. The van der Waals surface area contributed by atoms with Gasteiger partial charge in [0.2, 0.25) is 0 Å². The second-order valence-electron chi connectivity index (χ2n) is 10.9. The van der Waals surface area contributed by atoms with Crippen LogP contribution in [0, 0.1) is 0 Å². The van der Waals surface area contributed by atoms with E-state index in [2.05, 4.69) is 11.9 Å². The van der Waals surface area contributed by atoms with Gasteiger partial charge in [-0.05, 0) is 77.1 Å². The van der Waals surface area contributed by atoms with Crippen LogP contribution < -0.4 is 10.1 Å². The van der Waals surface area contributed by atoms with E-state index in [-0.39, 0.29) is 0 Å². The number of para-hydroxylation sites is 1. The summed E-state index contributed by atoms with van der Waals surface area (Å²) in [5, 5.41) is 3.71. The van der Waals surface area contributed by atoms with Crippen molar-refractivity contribution in [3.05, 3.63) is 66.4 Å². The van der Waals surface area contributed by atoms with E-state index in [1.807, 2.05) is 84.0 Å². The van der Waals surface area contributed by atoms with Crippen molar-refractivity contribution in [3.8, 4) is 16.9 Å². The highest BCUT2D eigenvalue weighted by molar-refractivity contribution is 6.02. The zero-order valence-corrected chi connectivity index (χ0v) is 22.9. The van der Waals surface area contributed by atoms with Crippen LogP contribution in [0.4, 0.5) is 9.59 Å². The topological polar surface area (TPSA) is 78.8 Å². The fourth-order valence-electron chi connectivity index (χ4n) is 4.21. The van der Waals surface area contributed by atoms with Crippen LogP contribution in [-0.2, 0) is 22.3 Å². The molecule has 0 aliphatic heterocycles. The van der Waals surface area contributed by atoms with E-state index in [1.54, 1.807) is 13.3 Å². The van der Waals surface area contributed by atoms with Crippen LogP contribution in [0.15, 0.2) is 55.3 Å². The van der Waals surface area contributed by atoms with Gasteiger partial charge in [0.25, 0.3) is 0 Å². The van der Waals surface area contributed by atoms with E-state index < -0.39 is 23.4 Å². The predicted octanol–water partition coefficient (Wildman–Crippen LogP) is 6.90. The van der Waals surface area contributed by atoms with Gasteiger partial charge in [-0.25, -0.2) is 9.59 Å². The van der Waals surface area contributed by atoms with Crippen molar-refractivity contribution >= 4 is 23.1 Å². The summed E-state index contributed by atoms with van der Waals surface area (Å²) >= 11 is 0. The molecule has 0 saturated heterocycles. The Morgan fingerprint density at radius 1 is 0.946 bits per heavy atom. The Balaban J connectivity index is 2.12. The Hall–Kier alpha value is -3.74. The number of carbonyl (C=O) groups excluding carboxylic acids is 2.